The van der Waals surface area contributed by atoms with Gasteiger partial charge in [0.25, 0.3) is 5.91 Å². The highest BCUT2D eigenvalue weighted by Gasteiger charge is 2.27. The summed E-state index contributed by atoms with van der Waals surface area (Å²) in [6.07, 6.45) is 2.53. The number of carbonyl (C=O) groups is 1. The van der Waals surface area contributed by atoms with Gasteiger partial charge in [-0.25, -0.2) is 12.7 Å². The average Bonchev–Trinajstić information content (AvgIpc) is 3.23. The van der Waals surface area contributed by atoms with E-state index in [0.717, 1.165) is 16.5 Å². The molecule has 2 heterocycles. The molecular weight excluding hydrogens is 374 g/mol. The summed E-state index contributed by atoms with van der Waals surface area (Å²) in [5, 5.41) is 3.77. The Morgan fingerprint density at radius 1 is 1.04 bits per heavy atom. The molecule has 0 radical (unpaired) electrons. The molecule has 1 aliphatic heterocycles. The molecule has 146 valence electrons. The number of para-hydroxylation sites is 1. The van der Waals surface area contributed by atoms with E-state index in [1.807, 2.05) is 48.7 Å². The summed E-state index contributed by atoms with van der Waals surface area (Å²) in [5.74, 6) is 0.0214. The summed E-state index contributed by atoms with van der Waals surface area (Å²) in [6.45, 7) is 1.84. The van der Waals surface area contributed by atoms with Gasteiger partial charge in [-0.2, -0.15) is 0 Å². The molecule has 28 heavy (non-hydrogen) atoms. The molecule has 1 saturated heterocycles. The van der Waals surface area contributed by atoms with Gasteiger partial charge in [-0.15, -0.1) is 0 Å². The van der Waals surface area contributed by atoms with E-state index in [1.54, 1.807) is 0 Å². The normalized spacial score (nSPS) is 16.4. The number of hydrogen-bond donors (Lipinski definition) is 1. The number of carbonyl (C=O) groups excluding carboxylic acids is 1. The molecular formula is C21H23N3O3S. The van der Waals surface area contributed by atoms with E-state index in [1.165, 1.54) is 4.31 Å². The number of nitrogens with zero attached hydrogens (tertiary/aromatic N) is 2. The zero-order chi connectivity index (χ0) is 19.6. The summed E-state index contributed by atoms with van der Waals surface area (Å²) in [7, 11) is -3.14. The number of hydrogen-bond acceptors (Lipinski definition) is 3. The number of aromatic nitrogens is 1. The third-order valence-corrected chi connectivity index (χ3v) is 7.04. The number of fused-ring (bicyclic) bond motifs is 1. The zero-order valence-corrected chi connectivity index (χ0v) is 16.4. The molecule has 1 aliphatic rings. The number of sulfonamides is 1. The fourth-order valence-corrected chi connectivity index (χ4v) is 5.20. The minimum atomic E-state index is -3.14. The number of nitrogens with one attached hydrogen (secondary N) is 1. The van der Waals surface area contributed by atoms with Crippen LogP contribution in [-0.4, -0.2) is 48.6 Å². The second-order valence-electron chi connectivity index (χ2n) is 7.00. The van der Waals surface area contributed by atoms with E-state index in [4.69, 9.17) is 0 Å². The lowest BCUT2D eigenvalue weighted by Gasteiger charge is -2.14. The molecule has 7 heteroatoms. The Morgan fingerprint density at radius 2 is 1.79 bits per heavy atom. The molecule has 0 atom stereocenters. The molecule has 0 spiro atoms. The van der Waals surface area contributed by atoms with Gasteiger partial charge in [-0.1, -0.05) is 48.5 Å². The standard InChI is InChI=1S/C21H23N3O3S/c25-21(22-11-13-24-12-6-14-28(24,26)27)19-16-23(15-17-7-2-1-3-8-17)20-10-5-4-9-18(19)20/h1-5,7-10,16H,6,11-15H2,(H,22,25). The first-order chi connectivity index (χ1) is 13.5. The summed E-state index contributed by atoms with van der Waals surface area (Å²) < 4.78 is 27.3. The second-order valence-corrected chi connectivity index (χ2v) is 9.09. The number of rotatable bonds is 6. The summed E-state index contributed by atoms with van der Waals surface area (Å²) >= 11 is 0. The Labute approximate surface area is 164 Å². The molecule has 1 aromatic heterocycles. The van der Waals surface area contributed by atoms with Crippen molar-refractivity contribution < 1.29 is 13.2 Å². The minimum absolute atomic E-state index is 0.181. The predicted octanol–water partition coefficient (Wildman–Crippen LogP) is 2.45. The van der Waals surface area contributed by atoms with Gasteiger partial charge in [0.2, 0.25) is 10.0 Å². The van der Waals surface area contributed by atoms with Crippen LogP contribution in [-0.2, 0) is 16.6 Å². The van der Waals surface area contributed by atoms with Gasteiger partial charge in [0.1, 0.15) is 0 Å². The Hall–Kier alpha value is -2.64. The van der Waals surface area contributed by atoms with Crippen LogP contribution in [0.1, 0.15) is 22.3 Å². The van der Waals surface area contributed by atoms with Crippen molar-refractivity contribution in [2.24, 2.45) is 0 Å². The van der Waals surface area contributed by atoms with Gasteiger partial charge in [-0.3, -0.25) is 4.79 Å². The average molecular weight is 398 g/mol. The fraction of sp³-hybridized carbons (Fsp3) is 0.286. The van der Waals surface area contributed by atoms with Crippen LogP contribution >= 0.6 is 0 Å². The summed E-state index contributed by atoms with van der Waals surface area (Å²) in [5.41, 5.74) is 2.77. The molecule has 1 amide bonds. The van der Waals surface area contributed by atoms with Crippen LogP contribution in [0.4, 0.5) is 0 Å². The maximum Gasteiger partial charge on any atom is 0.253 e. The highest BCUT2D eigenvalue weighted by molar-refractivity contribution is 7.89. The third kappa shape index (κ3) is 3.81. The largest absolute Gasteiger partial charge is 0.351 e. The van der Waals surface area contributed by atoms with Crippen LogP contribution in [0.3, 0.4) is 0 Å². The smallest absolute Gasteiger partial charge is 0.253 e. The minimum Gasteiger partial charge on any atom is -0.351 e. The van der Waals surface area contributed by atoms with Crippen molar-refractivity contribution in [1.29, 1.82) is 0 Å². The van der Waals surface area contributed by atoms with Gasteiger partial charge in [0, 0.05) is 43.3 Å². The summed E-state index contributed by atoms with van der Waals surface area (Å²) in [4.78, 5) is 12.8. The van der Waals surface area contributed by atoms with Gasteiger partial charge >= 0.3 is 0 Å². The van der Waals surface area contributed by atoms with Crippen molar-refractivity contribution in [2.45, 2.75) is 13.0 Å². The maximum absolute atomic E-state index is 12.8. The number of benzene rings is 2. The Balaban J connectivity index is 1.51. The van der Waals surface area contributed by atoms with Crippen molar-refractivity contribution in [1.82, 2.24) is 14.2 Å². The van der Waals surface area contributed by atoms with Crippen LogP contribution in [0.2, 0.25) is 0 Å². The Morgan fingerprint density at radius 3 is 2.54 bits per heavy atom. The molecule has 1 fully saturated rings. The van der Waals surface area contributed by atoms with Crippen LogP contribution < -0.4 is 5.32 Å². The molecule has 0 bridgehead atoms. The molecule has 6 nitrogen and oxygen atoms in total. The van der Waals surface area contributed by atoms with Gasteiger partial charge < -0.3 is 9.88 Å². The van der Waals surface area contributed by atoms with Crippen LogP contribution in [0.5, 0.6) is 0 Å². The summed E-state index contributed by atoms with van der Waals surface area (Å²) in [6, 6.07) is 17.9. The van der Waals surface area contributed by atoms with Crippen LogP contribution in [0, 0.1) is 0 Å². The topological polar surface area (TPSA) is 71.4 Å². The van der Waals surface area contributed by atoms with Gasteiger partial charge in [0.05, 0.1) is 11.3 Å². The van der Waals surface area contributed by atoms with Gasteiger partial charge in [0.15, 0.2) is 0 Å². The first-order valence-corrected chi connectivity index (χ1v) is 11.0. The third-order valence-electron chi connectivity index (χ3n) is 5.08. The molecule has 1 N–H and O–H groups in total. The quantitative estimate of drug-likeness (QED) is 0.695. The molecule has 0 saturated carbocycles. The molecule has 4 rings (SSSR count). The maximum atomic E-state index is 12.8. The van der Waals surface area contributed by atoms with E-state index >= 15 is 0 Å². The van der Waals surface area contributed by atoms with Crippen molar-refractivity contribution in [3.05, 3.63) is 71.9 Å². The predicted molar refractivity (Wildman–Crippen MR) is 110 cm³/mol. The SMILES string of the molecule is O=C(NCCN1CCCS1(=O)=O)c1cn(Cc2ccccc2)c2ccccc12. The number of amides is 1. The van der Waals surface area contributed by atoms with E-state index in [0.29, 0.717) is 38.2 Å². The highest BCUT2D eigenvalue weighted by atomic mass is 32.2. The first kappa shape index (κ1) is 18.7. The van der Waals surface area contributed by atoms with Crippen molar-refractivity contribution in [3.8, 4) is 0 Å². The van der Waals surface area contributed by atoms with Crippen molar-refractivity contribution in [3.63, 3.8) is 0 Å². The molecule has 3 aromatic rings. The fourth-order valence-electron chi connectivity index (χ4n) is 3.67. The first-order valence-electron chi connectivity index (χ1n) is 9.42. The van der Waals surface area contributed by atoms with E-state index < -0.39 is 10.0 Å². The Bertz CT molecular complexity index is 1090. The van der Waals surface area contributed by atoms with Crippen LogP contribution in [0.25, 0.3) is 10.9 Å². The highest BCUT2D eigenvalue weighted by Crippen LogP contribution is 2.22. The Kier molecular flexibility index (Phi) is 5.19. The van der Waals surface area contributed by atoms with E-state index in [-0.39, 0.29) is 11.7 Å². The van der Waals surface area contributed by atoms with E-state index in [9.17, 15) is 13.2 Å². The molecule has 0 aliphatic carbocycles. The lowest BCUT2D eigenvalue weighted by atomic mass is 10.1. The lowest BCUT2D eigenvalue weighted by molar-refractivity contribution is 0.0953. The van der Waals surface area contributed by atoms with E-state index in [2.05, 4.69) is 22.0 Å². The monoisotopic (exact) mass is 397 g/mol. The molecule has 2 aromatic carbocycles. The second kappa shape index (κ2) is 7.77. The van der Waals surface area contributed by atoms with Crippen LogP contribution in [0.15, 0.2) is 60.8 Å². The van der Waals surface area contributed by atoms with Crippen molar-refractivity contribution >= 4 is 26.8 Å². The lowest BCUT2D eigenvalue weighted by Crippen LogP contribution is -2.35. The van der Waals surface area contributed by atoms with Crippen molar-refractivity contribution in [2.75, 3.05) is 25.4 Å². The molecule has 0 unspecified atom stereocenters. The zero-order valence-electron chi connectivity index (χ0n) is 15.5. The van der Waals surface area contributed by atoms with Gasteiger partial charge in [-0.05, 0) is 18.1 Å².